The molecule has 0 spiro atoms. The first-order valence-corrected chi connectivity index (χ1v) is 10.3. The molecule has 0 radical (unpaired) electrons. The fraction of sp³-hybridized carbons (Fsp3) is 0.304. The van der Waals surface area contributed by atoms with E-state index in [-0.39, 0.29) is 12.7 Å². The number of carbonyl (C=O) groups is 1. The second-order valence-electron chi connectivity index (χ2n) is 7.58. The molecule has 3 aliphatic heterocycles. The number of nitrogens with one attached hydrogen (secondary N) is 2. The number of ether oxygens (including phenoxy) is 3. The van der Waals surface area contributed by atoms with Gasteiger partial charge in [0, 0.05) is 26.6 Å². The van der Waals surface area contributed by atoms with Crippen molar-refractivity contribution in [1.82, 2.24) is 15.5 Å². The number of likely N-dealkylation sites (N-methyl/N-ethyl adjacent to an activating group) is 1. The zero-order valence-electron chi connectivity index (χ0n) is 17.3. The number of rotatable bonds is 6. The van der Waals surface area contributed by atoms with E-state index in [2.05, 4.69) is 33.8 Å². The molecule has 1 fully saturated rings. The first-order valence-electron chi connectivity index (χ1n) is 10.3. The first kappa shape index (κ1) is 19.4. The minimum Gasteiger partial charge on any atom is -0.493 e. The first-order chi connectivity index (χ1) is 15.2. The maximum absolute atomic E-state index is 12.6. The van der Waals surface area contributed by atoms with Crippen molar-refractivity contribution in [1.29, 1.82) is 0 Å². The average Bonchev–Trinajstić information content (AvgIpc) is 3.49. The predicted molar refractivity (Wildman–Crippen MR) is 116 cm³/mol. The molecule has 3 heterocycles. The lowest BCUT2D eigenvalue weighted by molar-refractivity contribution is -0.121. The molecule has 0 aromatic heterocycles. The van der Waals surface area contributed by atoms with Gasteiger partial charge in [0.15, 0.2) is 11.5 Å². The molecule has 3 aliphatic rings. The van der Waals surface area contributed by atoms with E-state index in [0.29, 0.717) is 36.2 Å². The molecule has 2 aromatic rings. The van der Waals surface area contributed by atoms with Gasteiger partial charge in [0.2, 0.25) is 12.8 Å². The van der Waals surface area contributed by atoms with Crippen LogP contribution in [0.25, 0.3) is 6.08 Å². The molecule has 31 heavy (non-hydrogen) atoms. The van der Waals surface area contributed by atoms with Gasteiger partial charge in [-0.2, -0.15) is 0 Å². The Bertz CT molecular complexity index is 1080. The van der Waals surface area contributed by atoms with Crippen molar-refractivity contribution in [3.8, 4) is 17.2 Å². The van der Waals surface area contributed by atoms with E-state index < -0.39 is 0 Å². The summed E-state index contributed by atoms with van der Waals surface area (Å²) < 4.78 is 16.3. The summed E-state index contributed by atoms with van der Waals surface area (Å²) in [6, 6.07) is 11.9. The van der Waals surface area contributed by atoms with Crippen LogP contribution in [0.5, 0.6) is 17.2 Å². The van der Waals surface area contributed by atoms with E-state index in [9.17, 15) is 4.79 Å². The molecule has 0 unspecified atom stereocenters. The average molecular weight is 420 g/mol. The predicted octanol–water partition coefficient (Wildman–Crippen LogP) is 1.90. The largest absolute Gasteiger partial charge is 0.493 e. The number of guanidine groups is 1. The smallest absolute Gasteiger partial charge is 0.276 e. The zero-order valence-corrected chi connectivity index (χ0v) is 17.3. The molecular weight excluding hydrogens is 396 g/mol. The van der Waals surface area contributed by atoms with Crippen LogP contribution in [0.3, 0.4) is 0 Å². The molecule has 0 aliphatic carbocycles. The number of amides is 1. The maximum atomic E-state index is 12.6. The van der Waals surface area contributed by atoms with Crippen LogP contribution in [0, 0.1) is 0 Å². The van der Waals surface area contributed by atoms with E-state index in [1.165, 1.54) is 16.0 Å². The van der Waals surface area contributed by atoms with Crippen molar-refractivity contribution in [2.75, 3.05) is 33.5 Å². The summed E-state index contributed by atoms with van der Waals surface area (Å²) in [5, 5.41) is 6.50. The summed E-state index contributed by atoms with van der Waals surface area (Å²) in [4.78, 5) is 18.6. The van der Waals surface area contributed by atoms with Crippen molar-refractivity contribution in [3.63, 3.8) is 0 Å². The fourth-order valence-corrected chi connectivity index (χ4v) is 3.74. The quantitative estimate of drug-likeness (QED) is 0.549. The Hall–Kier alpha value is -3.52. The molecule has 0 atom stereocenters. The van der Waals surface area contributed by atoms with E-state index in [4.69, 9.17) is 14.2 Å². The number of benzene rings is 2. The maximum Gasteiger partial charge on any atom is 0.276 e. The third-order valence-corrected chi connectivity index (χ3v) is 5.45. The van der Waals surface area contributed by atoms with Crippen molar-refractivity contribution in [2.45, 2.75) is 13.0 Å². The van der Waals surface area contributed by atoms with Gasteiger partial charge in [0.1, 0.15) is 11.4 Å². The molecule has 2 aromatic carbocycles. The fourth-order valence-electron chi connectivity index (χ4n) is 3.74. The van der Waals surface area contributed by atoms with Crippen LogP contribution >= 0.6 is 0 Å². The third kappa shape index (κ3) is 4.06. The van der Waals surface area contributed by atoms with Crippen LogP contribution in [-0.2, 0) is 17.8 Å². The number of carbonyl (C=O) groups excluding carboxylic acids is 1. The van der Waals surface area contributed by atoms with E-state index in [1.54, 1.807) is 13.1 Å². The van der Waals surface area contributed by atoms with Crippen molar-refractivity contribution < 1.29 is 19.0 Å². The highest BCUT2D eigenvalue weighted by atomic mass is 16.7. The number of hydrogen-bond acceptors (Lipinski definition) is 6. The van der Waals surface area contributed by atoms with Crippen LogP contribution in [-0.4, -0.2) is 50.3 Å². The van der Waals surface area contributed by atoms with E-state index >= 15 is 0 Å². The van der Waals surface area contributed by atoms with Gasteiger partial charge in [0.25, 0.3) is 5.91 Å². The van der Waals surface area contributed by atoms with Crippen LogP contribution < -0.4 is 24.8 Å². The lowest BCUT2D eigenvalue weighted by Crippen LogP contribution is -2.29. The molecule has 0 saturated carbocycles. The standard InChI is InChI=1S/C23H24N4O4/c1-27-22(28)18(10-15-3-5-19-21(11-15)31-14-30-19)26-23(27)25-8-7-24-13-16-2-4-17-6-9-29-20(17)12-16/h2-5,10-12,24H,6-9,13-14H2,1H3,(H,25,26)/b18-10-. The van der Waals surface area contributed by atoms with Gasteiger partial charge in [-0.25, -0.2) is 0 Å². The molecule has 2 N–H and O–H groups in total. The highest BCUT2D eigenvalue weighted by molar-refractivity contribution is 6.15. The summed E-state index contributed by atoms with van der Waals surface area (Å²) in [7, 11) is 1.71. The van der Waals surface area contributed by atoms with Gasteiger partial charge in [-0.3, -0.25) is 14.7 Å². The number of fused-ring (bicyclic) bond motifs is 2. The lowest BCUT2D eigenvalue weighted by Gasteiger charge is -2.08. The normalized spacial score (nSPS) is 19.1. The molecule has 1 saturated heterocycles. The Balaban J connectivity index is 1.16. The summed E-state index contributed by atoms with van der Waals surface area (Å²) in [6.45, 7) is 3.00. The van der Waals surface area contributed by atoms with Gasteiger partial charge >= 0.3 is 0 Å². The Morgan fingerprint density at radius 1 is 1.13 bits per heavy atom. The van der Waals surface area contributed by atoms with E-state index in [1.807, 2.05) is 18.2 Å². The van der Waals surface area contributed by atoms with Gasteiger partial charge in [0.05, 0.1) is 13.2 Å². The Morgan fingerprint density at radius 3 is 2.97 bits per heavy atom. The zero-order chi connectivity index (χ0) is 21.2. The van der Waals surface area contributed by atoms with Crippen LogP contribution in [0.2, 0.25) is 0 Å². The van der Waals surface area contributed by atoms with E-state index in [0.717, 1.165) is 30.9 Å². The third-order valence-electron chi connectivity index (χ3n) is 5.45. The molecule has 8 heteroatoms. The van der Waals surface area contributed by atoms with Gasteiger partial charge in [-0.15, -0.1) is 0 Å². The molecule has 0 bridgehead atoms. The second kappa shape index (κ2) is 8.31. The minimum atomic E-state index is -0.123. The topological polar surface area (TPSA) is 84.4 Å². The number of nitrogens with zero attached hydrogens (tertiary/aromatic N) is 2. The van der Waals surface area contributed by atoms with Crippen LogP contribution in [0.4, 0.5) is 0 Å². The van der Waals surface area contributed by atoms with Crippen molar-refractivity contribution in [2.24, 2.45) is 4.99 Å². The second-order valence-corrected chi connectivity index (χ2v) is 7.58. The van der Waals surface area contributed by atoms with Gasteiger partial charge < -0.3 is 24.8 Å². The number of hydrogen-bond donors (Lipinski definition) is 2. The molecule has 1 amide bonds. The molecule has 5 rings (SSSR count). The van der Waals surface area contributed by atoms with Gasteiger partial charge in [-0.1, -0.05) is 18.2 Å². The summed E-state index contributed by atoms with van der Waals surface area (Å²) in [6.07, 6.45) is 2.78. The van der Waals surface area contributed by atoms with Crippen LogP contribution in [0.15, 0.2) is 47.1 Å². The Morgan fingerprint density at radius 2 is 2.03 bits per heavy atom. The summed E-state index contributed by atoms with van der Waals surface area (Å²) >= 11 is 0. The van der Waals surface area contributed by atoms with Gasteiger partial charge in [-0.05, 0) is 41.0 Å². The number of aliphatic imine (C=N–C) groups is 1. The SMILES string of the molecule is CN1C(=O)/C(=C/c2ccc3c(c2)OCO3)NC1=NCCNCc1ccc2c(c1)OCC2. The Labute approximate surface area is 180 Å². The molecule has 160 valence electrons. The summed E-state index contributed by atoms with van der Waals surface area (Å²) in [5.74, 6) is 2.82. The monoisotopic (exact) mass is 420 g/mol. The molecular formula is C23H24N4O4. The van der Waals surface area contributed by atoms with Crippen LogP contribution in [0.1, 0.15) is 16.7 Å². The van der Waals surface area contributed by atoms with Crippen molar-refractivity contribution >= 4 is 17.9 Å². The van der Waals surface area contributed by atoms with Crippen molar-refractivity contribution in [3.05, 3.63) is 58.8 Å². The highest BCUT2D eigenvalue weighted by Crippen LogP contribution is 2.33. The highest BCUT2D eigenvalue weighted by Gasteiger charge is 2.28. The Kier molecular flexibility index (Phi) is 5.21. The summed E-state index contributed by atoms with van der Waals surface area (Å²) in [5.41, 5.74) is 3.80. The minimum absolute atomic E-state index is 0.123. The lowest BCUT2D eigenvalue weighted by atomic mass is 10.1. The molecule has 8 nitrogen and oxygen atoms in total.